The average Bonchev–Trinajstić information content (AvgIpc) is 3.28. The van der Waals surface area contributed by atoms with Crippen LogP contribution in [0, 0.1) is 5.82 Å². The molecule has 0 saturated carbocycles. The Bertz CT molecular complexity index is 1090. The van der Waals surface area contributed by atoms with Crippen molar-refractivity contribution in [2.24, 2.45) is 0 Å². The number of imidazole rings is 1. The van der Waals surface area contributed by atoms with Gasteiger partial charge in [-0.2, -0.15) is 0 Å². The molecule has 0 spiro atoms. The maximum Gasteiger partial charge on any atom is 0.258 e. The number of halogens is 3. The zero-order chi connectivity index (χ0) is 18.7. The highest BCUT2D eigenvalue weighted by atomic mass is 35.5. The van der Waals surface area contributed by atoms with Crippen LogP contribution in [0.15, 0.2) is 42.7 Å². The minimum absolute atomic E-state index is 0.138. The lowest BCUT2D eigenvalue weighted by atomic mass is 10.0. The smallest absolute Gasteiger partial charge is 0.258 e. The normalized spacial score (nSPS) is 18.1. The van der Waals surface area contributed by atoms with Crippen LogP contribution in [0.3, 0.4) is 0 Å². The molecule has 0 radical (unpaired) electrons. The molecule has 4 nitrogen and oxygen atoms in total. The largest absolute Gasteiger partial charge is 0.330 e. The van der Waals surface area contributed by atoms with Crippen LogP contribution in [0.4, 0.5) is 4.39 Å². The molecule has 3 aromatic rings. The van der Waals surface area contributed by atoms with Gasteiger partial charge in [-0.3, -0.25) is 9.36 Å². The molecule has 0 aliphatic carbocycles. The maximum atomic E-state index is 14.1. The molecule has 1 amide bonds. The van der Waals surface area contributed by atoms with Gasteiger partial charge in [0.1, 0.15) is 12.1 Å². The number of carbonyl (C=O) groups excluding carboxylic acids is 1. The second-order valence-corrected chi connectivity index (χ2v) is 7.59. The van der Waals surface area contributed by atoms with E-state index in [1.165, 1.54) is 6.07 Å². The second-order valence-electron chi connectivity index (χ2n) is 6.77. The van der Waals surface area contributed by atoms with E-state index in [9.17, 15) is 9.18 Å². The Balaban J connectivity index is 1.82. The van der Waals surface area contributed by atoms with Crippen molar-refractivity contribution in [3.8, 4) is 16.9 Å². The minimum Gasteiger partial charge on any atom is -0.330 e. The zero-order valence-electron chi connectivity index (χ0n) is 14.1. The van der Waals surface area contributed by atoms with Crippen LogP contribution >= 0.6 is 23.2 Å². The lowest BCUT2D eigenvalue weighted by Crippen LogP contribution is -2.30. The second kappa shape index (κ2) is 6.08. The van der Waals surface area contributed by atoms with Gasteiger partial charge in [0.25, 0.3) is 5.91 Å². The van der Waals surface area contributed by atoms with E-state index in [1.807, 2.05) is 28.8 Å². The third kappa shape index (κ3) is 2.42. The number of benzene rings is 2. The average molecular weight is 402 g/mol. The number of rotatable bonds is 1. The SMILES string of the molecule is O=C1c2c(ccc(F)c2Cl)-n2cnc(-c3cccc(Cl)c3)c2[C@@H]2CCCN12. The highest BCUT2D eigenvalue weighted by molar-refractivity contribution is 6.34. The lowest BCUT2D eigenvalue weighted by molar-refractivity contribution is 0.0738. The number of fused-ring (bicyclic) bond motifs is 5. The Morgan fingerprint density at radius 1 is 1.19 bits per heavy atom. The van der Waals surface area contributed by atoms with E-state index in [2.05, 4.69) is 4.98 Å². The summed E-state index contributed by atoms with van der Waals surface area (Å²) in [4.78, 5) is 19.6. The Labute approximate surface area is 165 Å². The summed E-state index contributed by atoms with van der Waals surface area (Å²) in [7, 11) is 0. The molecule has 136 valence electrons. The summed E-state index contributed by atoms with van der Waals surface area (Å²) in [6, 6.07) is 10.2. The first-order chi connectivity index (χ1) is 13.1. The van der Waals surface area contributed by atoms with Gasteiger partial charge in [-0.15, -0.1) is 0 Å². The Kier molecular flexibility index (Phi) is 3.78. The van der Waals surface area contributed by atoms with E-state index in [0.29, 0.717) is 17.3 Å². The maximum absolute atomic E-state index is 14.1. The molecular formula is C20H14Cl2FN3O. The number of hydrogen-bond acceptors (Lipinski definition) is 2. The zero-order valence-corrected chi connectivity index (χ0v) is 15.6. The van der Waals surface area contributed by atoms with E-state index < -0.39 is 5.82 Å². The van der Waals surface area contributed by atoms with Gasteiger partial charge in [-0.05, 0) is 37.1 Å². The van der Waals surface area contributed by atoms with Crippen molar-refractivity contribution in [1.29, 1.82) is 0 Å². The molecular weight excluding hydrogens is 388 g/mol. The number of carbonyl (C=O) groups is 1. The van der Waals surface area contributed by atoms with Crippen LogP contribution in [0.1, 0.15) is 34.9 Å². The van der Waals surface area contributed by atoms with Crippen LogP contribution in [0.5, 0.6) is 0 Å². The highest BCUT2D eigenvalue weighted by Crippen LogP contribution is 2.44. The van der Waals surface area contributed by atoms with E-state index in [0.717, 1.165) is 29.8 Å². The van der Waals surface area contributed by atoms with Crippen LogP contribution < -0.4 is 0 Å². The monoisotopic (exact) mass is 401 g/mol. The van der Waals surface area contributed by atoms with Gasteiger partial charge in [-0.1, -0.05) is 35.3 Å². The van der Waals surface area contributed by atoms with Crippen LogP contribution in [0.25, 0.3) is 16.9 Å². The molecule has 0 bridgehead atoms. The van der Waals surface area contributed by atoms with Gasteiger partial charge in [0, 0.05) is 17.1 Å². The van der Waals surface area contributed by atoms with Gasteiger partial charge in [-0.25, -0.2) is 9.37 Å². The third-order valence-electron chi connectivity index (χ3n) is 5.28. The highest BCUT2D eigenvalue weighted by Gasteiger charge is 2.40. The van der Waals surface area contributed by atoms with Crippen LogP contribution in [-0.4, -0.2) is 26.9 Å². The standard InChI is InChI=1S/C20H14Cl2FN3O/c21-12-4-1-3-11(9-12)18-19-15-5-2-8-25(15)20(27)16-14(26(19)10-24-18)7-6-13(23)17(16)22/h1,3-4,6-7,9-10,15H,2,5,8H2/t15-/m0/s1. The summed E-state index contributed by atoms with van der Waals surface area (Å²) in [5.41, 5.74) is 3.31. The van der Waals surface area contributed by atoms with E-state index >= 15 is 0 Å². The molecule has 7 heteroatoms. The van der Waals surface area contributed by atoms with E-state index in [-0.39, 0.29) is 22.5 Å². The molecule has 0 N–H and O–H groups in total. The number of aromatic nitrogens is 2. The van der Waals surface area contributed by atoms with E-state index in [1.54, 1.807) is 17.3 Å². The lowest BCUT2D eigenvalue weighted by Gasteiger charge is -2.23. The molecule has 1 aromatic heterocycles. The fraction of sp³-hybridized carbons (Fsp3) is 0.200. The van der Waals surface area contributed by atoms with Crippen molar-refractivity contribution in [3.05, 3.63) is 69.8 Å². The van der Waals surface area contributed by atoms with Crippen molar-refractivity contribution in [2.45, 2.75) is 18.9 Å². The van der Waals surface area contributed by atoms with Crippen molar-refractivity contribution in [1.82, 2.24) is 14.5 Å². The first-order valence-electron chi connectivity index (χ1n) is 8.69. The number of amides is 1. The molecule has 0 unspecified atom stereocenters. The van der Waals surface area contributed by atoms with Crippen LogP contribution in [-0.2, 0) is 0 Å². The molecule has 1 saturated heterocycles. The Morgan fingerprint density at radius 2 is 2.04 bits per heavy atom. The summed E-state index contributed by atoms with van der Waals surface area (Å²) >= 11 is 12.4. The summed E-state index contributed by atoms with van der Waals surface area (Å²) < 4.78 is 16.0. The van der Waals surface area contributed by atoms with Crippen molar-refractivity contribution < 1.29 is 9.18 Å². The van der Waals surface area contributed by atoms with E-state index in [4.69, 9.17) is 23.2 Å². The van der Waals surface area contributed by atoms with Gasteiger partial charge in [0.05, 0.1) is 33.7 Å². The quantitative estimate of drug-likeness (QED) is 0.556. The predicted molar refractivity (Wildman–Crippen MR) is 102 cm³/mol. The summed E-state index contributed by atoms with van der Waals surface area (Å²) in [5, 5.41) is 0.474. The van der Waals surface area contributed by atoms with Crippen molar-refractivity contribution in [3.63, 3.8) is 0 Å². The molecule has 27 heavy (non-hydrogen) atoms. The molecule has 2 aliphatic rings. The Hall–Kier alpha value is -2.37. The fourth-order valence-electron chi connectivity index (χ4n) is 4.11. The summed E-state index contributed by atoms with van der Waals surface area (Å²) in [5.74, 6) is -0.837. The number of hydrogen-bond donors (Lipinski definition) is 0. The third-order valence-corrected chi connectivity index (χ3v) is 5.88. The number of nitrogens with zero attached hydrogens (tertiary/aromatic N) is 3. The topological polar surface area (TPSA) is 38.1 Å². The van der Waals surface area contributed by atoms with Crippen molar-refractivity contribution >= 4 is 29.1 Å². The molecule has 3 heterocycles. The molecule has 1 fully saturated rings. The van der Waals surface area contributed by atoms with Gasteiger partial charge in [0.2, 0.25) is 0 Å². The summed E-state index contributed by atoms with van der Waals surface area (Å²) in [6.45, 7) is 0.607. The molecule has 1 atom stereocenters. The fourth-order valence-corrected chi connectivity index (χ4v) is 4.54. The predicted octanol–water partition coefficient (Wildman–Crippen LogP) is 5.28. The minimum atomic E-state index is -0.599. The van der Waals surface area contributed by atoms with Gasteiger partial charge in [0.15, 0.2) is 0 Å². The first kappa shape index (κ1) is 16.8. The molecule has 2 aromatic carbocycles. The Morgan fingerprint density at radius 3 is 2.85 bits per heavy atom. The molecule has 5 rings (SSSR count). The van der Waals surface area contributed by atoms with Crippen molar-refractivity contribution in [2.75, 3.05) is 6.54 Å². The first-order valence-corrected chi connectivity index (χ1v) is 9.44. The summed E-state index contributed by atoms with van der Waals surface area (Å²) in [6.07, 6.45) is 3.37. The van der Waals surface area contributed by atoms with Gasteiger partial charge >= 0.3 is 0 Å². The van der Waals surface area contributed by atoms with Gasteiger partial charge < -0.3 is 4.90 Å². The molecule has 2 aliphatic heterocycles. The van der Waals surface area contributed by atoms with Crippen LogP contribution in [0.2, 0.25) is 10.0 Å².